The van der Waals surface area contributed by atoms with Gasteiger partial charge in [0, 0.05) is 15.7 Å². The van der Waals surface area contributed by atoms with Crippen LogP contribution in [0.2, 0.25) is 0 Å². The Morgan fingerprint density at radius 1 is 1.14 bits per heavy atom. The monoisotopic (exact) mass is 418 g/mol. The largest absolute Gasteiger partial charge is 0.490 e. The Morgan fingerprint density at radius 2 is 1.81 bits per heavy atom. The highest BCUT2D eigenvalue weighted by Gasteiger charge is 2.23. The Balaban J connectivity index is 2.23. The number of hydrogen-bond acceptors (Lipinski definition) is 2. The molecule has 1 aliphatic rings. The minimum Gasteiger partial charge on any atom is -0.490 e. The van der Waals surface area contributed by atoms with Crippen molar-refractivity contribution in [2.24, 2.45) is 5.92 Å². The molecule has 21 heavy (non-hydrogen) atoms. The van der Waals surface area contributed by atoms with E-state index in [1.165, 1.54) is 31.2 Å². The van der Waals surface area contributed by atoms with Gasteiger partial charge in [0.25, 0.3) is 0 Å². The van der Waals surface area contributed by atoms with Crippen LogP contribution in [-0.2, 0) is 0 Å². The Labute approximate surface area is 144 Å². The number of halogens is 2. The van der Waals surface area contributed by atoms with E-state index in [9.17, 15) is 0 Å². The van der Waals surface area contributed by atoms with Crippen molar-refractivity contribution in [1.29, 1.82) is 0 Å². The summed E-state index contributed by atoms with van der Waals surface area (Å²) in [6.07, 6.45) is 5.90. The van der Waals surface area contributed by atoms with Gasteiger partial charge in [-0.15, -0.1) is 0 Å². The molecule has 2 unspecified atom stereocenters. The SMILES string of the molecule is CCCCC(CC)C(Br)c1cc2c(cc1Br)OCCCO2. The molecule has 0 N–H and O–H groups in total. The maximum atomic E-state index is 5.82. The predicted octanol–water partition coefficient (Wildman–Crippen LogP) is 6.26. The van der Waals surface area contributed by atoms with Crippen molar-refractivity contribution in [2.45, 2.75) is 50.8 Å². The van der Waals surface area contributed by atoms with Crippen molar-refractivity contribution in [1.82, 2.24) is 0 Å². The van der Waals surface area contributed by atoms with Gasteiger partial charge in [-0.25, -0.2) is 0 Å². The molecule has 118 valence electrons. The van der Waals surface area contributed by atoms with E-state index in [-0.39, 0.29) is 0 Å². The molecule has 2 atom stereocenters. The Morgan fingerprint density at radius 3 is 2.43 bits per heavy atom. The smallest absolute Gasteiger partial charge is 0.162 e. The Hall–Kier alpha value is -0.220. The molecule has 1 heterocycles. The predicted molar refractivity (Wildman–Crippen MR) is 94.7 cm³/mol. The van der Waals surface area contributed by atoms with Crippen molar-refractivity contribution in [3.05, 3.63) is 22.2 Å². The lowest BCUT2D eigenvalue weighted by molar-refractivity contribution is 0.297. The van der Waals surface area contributed by atoms with Crippen molar-refractivity contribution in [3.63, 3.8) is 0 Å². The van der Waals surface area contributed by atoms with Crippen LogP contribution in [0.25, 0.3) is 0 Å². The third kappa shape index (κ3) is 4.38. The minimum absolute atomic E-state index is 0.348. The Kier molecular flexibility index (Phi) is 6.87. The molecule has 0 aromatic heterocycles. The zero-order chi connectivity index (χ0) is 15.2. The summed E-state index contributed by atoms with van der Waals surface area (Å²) in [5, 5.41) is 0. The molecule has 0 radical (unpaired) electrons. The molecule has 0 amide bonds. The summed E-state index contributed by atoms with van der Waals surface area (Å²) >= 11 is 7.62. The normalized spacial score (nSPS) is 17.1. The maximum absolute atomic E-state index is 5.82. The number of alkyl halides is 1. The lowest BCUT2D eigenvalue weighted by Gasteiger charge is -2.23. The fourth-order valence-electron chi connectivity index (χ4n) is 2.69. The lowest BCUT2D eigenvalue weighted by atomic mass is 9.91. The Bertz CT molecular complexity index is 462. The average molecular weight is 420 g/mol. The standard InChI is InChI=1S/C17H24Br2O2/c1-3-5-7-12(4-2)17(19)13-10-15-16(11-14(13)18)21-9-6-8-20-15/h10-12,17H,3-9H2,1-2H3. The fourth-order valence-corrected chi connectivity index (χ4v) is 4.58. The number of fused-ring (bicyclic) bond motifs is 1. The van der Waals surface area contributed by atoms with Crippen LogP contribution in [0.5, 0.6) is 11.5 Å². The van der Waals surface area contributed by atoms with Gasteiger partial charge < -0.3 is 9.47 Å². The molecule has 0 fully saturated rings. The quantitative estimate of drug-likeness (QED) is 0.506. The third-order valence-electron chi connectivity index (χ3n) is 4.03. The number of rotatable bonds is 6. The molecule has 0 saturated carbocycles. The molecule has 1 aliphatic heterocycles. The summed E-state index contributed by atoms with van der Waals surface area (Å²) < 4.78 is 12.7. The van der Waals surface area contributed by atoms with Crippen LogP contribution in [0.15, 0.2) is 16.6 Å². The highest BCUT2D eigenvalue weighted by atomic mass is 79.9. The van der Waals surface area contributed by atoms with Crippen LogP contribution in [0.4, 0.5) is 0 Å². The number of unbranched alkanes of at least 4 members (excludes halogenated alkanes) is 1. The van der Waals surface area contributed by atoms with Crippen LogP contribution >= 0.6 is 31.9 Å². The first-order valence-corrected chi connectivity index (χ1v) is 9.61. The molecular formula is C17H24Br2O2. The average Bonchev–Trinajstić information content (AvgIpc) is 2.71. The van der Waals surface area contributed by atoms with Crippen LogP contribution in [0, 0.1) is 5.92 Å². The first kappa shape index (κ1) is 17.1. The second-order valence-electron chi connectivity index (χ2n) is 5.58. The molecule has 1 aromatic carbocycles. The summed E-state index contributed by atoms with van der Waals surface area (Å²) in [6.45, 7) is 5.98. The second-order valence-corrected chi connectivity index (χ2v) is 7.42. The van der Waals surface area contributed by atoms with Crippen molar-refractivity contribution < 1.29 is 9.47 Å². The van der Waals surface area contributed by atoms with Gasteiger partial charge in [0.15, 0.2) is 11.5 Å². The molecule has 0 saturated heterocycles. The van der Waals surface area contributed by atoms with E-state index in [2.05, 4.69) is 57.8 Å². The van der Waals surface area contributed by atoms with Gasteiger partial charge in [-0.2, -0.15) is 0 Å². The van der Waals surface area contributed by atoms with E-state index in [0.717, 1.165) is 35.6 Å². The maximum Gasteiger partial charge on any atom is 0.162 e. The fraction of sp³-hybridized carbons (Fsp3) is 0.647. The number of benzene rings is 1. The van der Waals surface area contributed by atoms with Crippen LogP contribution in [0.1, 0.15) is 56.3 Å². The van der Waals surface area contributed by atoms with E-state index in [1.54, 1.807) is 0 Å². The molecule has 4 heteroatoms. The number of hydrogen-bond donors (Lipinski definition) is 0. The highest BCUT2D eigenvalue weighted by molar-refractivity contribution is 9.11. The summed E-state index contributed by atoms with van der Waals surface area (Å²) in [5.41, 5.74) is 1.27. The van der Waals surface area contributed by atoms with Gasteiger partial charge in [-0.1, -0.05) is 65.0 Å². The summed E-state index contributed by atoms with van der Waals surface area (Å²) in [4.78, 5) is 0.348. The van der Waals surface area contributed by atoms with Crippen LogP contribution in [-0.4, -0.2) is 13.2 Å². The lowest BCUT2D eigenvalue weighted by Crippen LogP contribution is -2.08. The first-order valence-electron chi connectivity index (χ1n) is 7.90. The van der Waals surface area contributed by atoms with E-state index < -0.39 is 0 Å². The van der Waals surface area contributed by atoms with E-state index in [1.807, 2.05) is 0 Å². The molecule has 2 rings (SSSR count). The zero-order valence-corrected chi connectivity index (χ0v) is 16.0. The minimum atomic E-state index is 0.348. The summed E-state index contributed by atoms with van der Waals surface area (Å²) in [6, 6.07) is 4.19. The van der Waals surface area contributed by atoms with E-state index >= 15 is 0 Å². The van der Waals surface area contributed by atoms with Gasteiger partial charge in [0.2, 0.25) is 0 Å². The van der Waals surface area contributed by atoms with Gasteiger partial charge in [-0.3, -0.25) is 0 Å². The topological polar surface area (TPSA) is 18.5 Å². The van der Waals surface area contributed by atoms with Gasteiger partial charge >= 0.3 is 0 Å². The van der Waals surface area contributed by atoms with Gasteiger partial charge in [0.05, 0.1) is 13.2 Å². The molecule has 0 aliphatic carbocycles. The van der Waals surface area contributed by atoms with Crippen molar-refractivity contribution in [2.75, 3.05) is 13.2 Å². The zero-order valence-electron chi connectivity index (χ0n) is 12.8. The summed E-state index contributed by atoms with van der Waals surface area (Å²) in [7, 11) is 0. The third-order valence-corrected chi connectivity index (χ3v) is 5.96. The first-order chi connectivity index (χ1) is 10.2. The van der Waals surface area contributed by atoms with Gasteiger partial charge in [-0.05, 0) is 30.0 Å². The molecule has 0 bridgehead atoms. The molecule has 2 nitrogen and oxygen atoms in total. The van der Waals surface area contributed by atoms with E-state index in [4.69, 9.17) is 9.47 Å². The molecular weight excluding hydrogens is 396 g/mol. The van der Waals surface area contributed by atoms with Crippen molar-refractivity contribution in [3.8, 4) is 11.5 Å². The highest BCUT2D eigenvalue weighted by Crippen LogP contribution is 2.44. The van der Waals surface area contributed by atoms with Crippen LogP contribution in [0.3, 0.4) is 0 Å². The molecule has 0 spiro atoms. The molecule has 1 aromatic rings. The second kappa shape index (κ2) is 8.42. The van der Waals surface area contributed by atoms with Gasteiger partial charge in [0.1, 0.15) is 0 Å². The summed E-state index contributed by atoms with van der Waals surface area (Å²) in [5.74, 6) is 2.37. The van der Waals surface area contributed by atoms with E-state index in [0.29, 0.717) is 10.7 Å². The van der Waals surface area contributed by atoms with Crippen LogP contribution < -0.4 is 9.47 Å². The number of ether oxygens (including phenoxy) is 2. The van der Waals surface area contributed by atoms with Crippen molar-refractivity contribution >= 4 is 31.9 Å².